The molecule has 3 rings (SSSR count). The van der Waals surface area contributed by atoms with E-state index in [9.17, 15) is 4.79 Å². The van der Waals surface area contributed by atoms with Gasteiger partial charge in [-0.25, -0.2) is 4.98 Å². The fraction of sp³-hybridized carbons (Fsp3) is 0.158. The van der Waals surface area contributed by atoms with Crippen LogP contribution in [0.2, 0.25) is 0 Å². The molecule has 0 aliphatic carbocycles. The minimum Gasteiger partial charge on any atom is -0.497 e. The van der Waals surface area contributed by atoms with E-state index in [2.05, 4.69) is 10.3 Å². The van der Waals surface area contributed by atoms with Crippen molar-refractivity contribution in [1.29, 1.82) is 0 Å². The van der Waals surface area contributed by atoms with Crippen LogP contribution >= 0.6 is 11.3 Å². The molecule has 25 heavy (non-hydrogen) atoms. The lowest BCUT2D eigenvalue weighted by atomic mass is 10.1. The van der Waals surface area contributed by atoms with Crippen molar-refractivity contribution in [1.82, 2.24) is 10.3 Å². The molecule has 0 saturated heterocycles. The van der Waals surface area contributed by atoms with Gasteiger partial charge in [-0.15, -0.1) is 11.3 Å². The van der Waals surface area contributed by atoms with Gasteiger partial charge >= 0.3 is 0 Å². The Hall–Kier alpha value is -2.86. The van der Waals surface area contributed by atoms with E-state index in [1.54, 1.807) is 12.6 Å². The normalized spacial score (nSPS) is 10.3. The van der Waals surface area contributed by atoms with Gasteiger partial charge in [-0.05, 0) is 29.8 Å². The third-order valence-electron chi connectivity index (χ3n) is 3.53. The highest BCUT2D eigenvalue weighted by Gasteiger charge is 2.15. The maximum atomic E-state index is 12.4. The average molecular weight is 354 g/mol. The highest BCUT2D eigenvalue weighted by Crippen LogP contribution is 2.27. The topological polar surface area (TPSA) is 60.5 Å². The van der Waals surface area contributed by atoms with Crippen molar-refractivity contribution in [2.24, 2.45) is 0 Å². The third-order valence-corrected chi connectivity index (χ3v) is 4.41. The summed E-state index contributed by atoms with van der Waals surface area (Å²) in [6, 6.07) is 17.1. The molecule has 0 fully saturated rings. The van der Waals surface area contributed by atoms with E-state index >= 15 is 0 Å². The molecule has 1 N–H and O–H groups in total. The van der Waals surface area contributed by atoms with Crippen LogP contribution in [0.25, 0.3) is 10.4 Å². The third kappa shape index (κ3) is 4.36. The standard InChI is InChI=1S/C19H18N2O3S/c1-23-15-7-9-16(10-8-15)24-12-11-20-19(22)17-18(25-13-21-17)14-5-3-2-4-6-14/h2-10,13H,11-12H2,1H3,(H,20,22). The van der Waals surface area contributed by atoms with Gasteiger partial charge in [0, 0.05) is 0 Å². The smallest absolute Gasteiger partial charge is 0.271 e. The number of nitrogens with one attached hydrogen (secondary N) is 1. The number of nitrogens with zero attached hydrogens (tertiary/aromatic N) is 1. The number of aromatic nitrogens is 1. The van der Waals surface area contributed by atoms with Crippen LogP contribution in [0.4, 0.5) is 0 Å². The zero-order valence-corrected chi connectivity index (χ0v) is 14.6. The average Bonchev–Trinajstić information content (AvgIpc) is 3.16. The molecule has 1 amide bonds. The largest absolute Gasteiger partial charge is 0.497 e. The number of hydrogen-bond acceptors (Lipinski definition) is 5. The number of thiazole rings is 1. The molecule has 0 saturated carbocycles. The monoisotopic (exact) mass is 354 g/mol. The summed E-state index contributed by atoms with van der Waals surface area (Å²) in [6.07, 6.45) is 0. The van der Waals surface area contributed by atoms with Gasteiger partial charge in [-0.3, -0.25) is 4.79 Å². The highest BCUT2D eigenvalue weighted by molar-refractivity contribution is 7.13. The summed E-state index contributed by atoms with van der Waals surface area (Å²) >= 11 is 1.46. The minimum absolute atomic E-state index is 0.196. The van der Waals surface area contributed by atoms with Crippen LogP contribution in [0.3, 0.4) is 0 Å². The molecule has 0 aliphatic heterocycles. The second-order valence-electron chi connectivity index (χ2n) is 5.18. The predicted octanol–water partition coefficient (Wildman–Crippen LogP) is 3.63. The first-order chi connectivity index (χ1) is 12.3. The maximum absolute atomic E-state index is 12.4. The Bertz CT molecular complexity index is 816. The van der Waals surface area contributed by atoms with Crippen molar-refractivity contribution in [2.75, 3.05) is 20.3 Å². The number of hydrogen-bond donors (Lipinski definition) is 1. The Morgan fingerprint density at radius 1 is 1.08 bits per heavy atom. The Kier molecular flexibility index (Phi) is 5.64. The molecule has 0 spiro atoms. The van der Waals surface area contributed by atoms with Crippen LogP contribution in [-0.4, -0.2) is 31.2 Å². The van der Waals surface area contributed by atoms with Crippen LogP contribution in [-0.2, 0) is 0 Å². The van der Waals surface area contributed by atoms with Gasteiger partial charge in [0.1, 0.15) is 23.8 Å². The van der Waals surface area contributed by atoms with Crippen molar-refractivity contribution < 1.29 is 14.3 Å². The van der Waals surface area contributed by atoms with Gasteiger partial charge in [-0.2, -0.15) is 0 Å². The lowest BCUT2D eigenvalue weighted by Gasteiger charge is -2.08. The summed E-state index contributed by atoms with van der Waals surface area (Å²) in [5.41, 5.74) is 3.12. The van der Waals surface area contributed by atoms with Crippen LogP contribution < -0.4 is 14.8 Å². The van der Waals surface area contributed by atoms with Crippen molar-refractivity contribution in [3.05, 3.63) is 65.8 Å². The van der Waals surface area contributed by atoms with E-state index in [1.165, 1.54) is 11.3 Å². The summed E-state index contributed by atoms with van der Waals surface area (Å²) in [7, 11) is 1.62. The predicted molar refractivity (Wildman–Crippen MR) is 98.4 cm³/mol. The van der Waals surface area contributed by atoms with Gasteiger partial charge in [0.05, 0.1) is 24.0 Å². The Morgan fingerprint density at radius 3 is 2.52 bits per heavy atom. The second kappa shape index (κ2) is 8.30. The van der Waals surface area contributed by atoms with Crippen LogP contribution in [0.15, 0.2) is 60.1 Å². The molecular weight excluding hydrogens is 336 g/mol. The van der Waals surface area contributed by atoms with Crippen LogP contribution in [0.1, 0.15) is 10.5 Å². The maximum Gasteiger partial charge on any atom is 0.271 e. The molecule has 2 aromatic carbocycles. The Labute approximate surface area is 150 Å². The van der Waals surface area contributed by atoms with Crippen LogP contribution in [0.5, 0.6) is 11.5 Å². The van der Waals surface area contributed by atoms with E-state index in [1.807, 2.05) is 54.6 Å². The summed E-state index contributed by atoms with van der Waals surface area (Å²) in [6.45, 7) is 0.777. The highest BCUT2D eigenvalue weighted by atomic mass is 32.1. The number of ether oxygens (including phenoxy) is 2. The zero-order chi connectivity index (χ0) is 17.5. The van der Waals surface area contributed by atoms with Gasteiger partial charge in [-0.1, -0.05) is 30.3 Å². The molecule has 0 unspecified atom stereocenters. The van der Waals surface area contributed by atoms with Crippen molar-refractivity contribution in [3.63, 3.8) is 0 Å². The van der Waals surface area contributed by atoms with Gasteiger partial charge < -0.3 is 14.8 Å². The summed E-state index contributed by atoms with van der Waals surface area (Å²) in [5.74, 6) is 1.31. The quantitative estimate of drug-likeness (QED) is 0.658. The molecule has 0 radical (unpaired) electrons. The number of carbonyl (C=O) groups is 1. The Balaban J connectivity index is 1.52. The van der Waals surface area contributed by atoms with E-state index in [0.29, 0.717) is 18.8 Å². The van der Waals surface area contributed by atoms with Crippen molar-refractivity contribution >= 4 is 17.2 Å². The number of carbonyl (C=O) groups excluding carboxylic acids is 1. The molecule has 0 atom stereocenters. The molecule has 128 valence electrons. The fourth-order valence-electron chi connectivity index (χ4n) is 2.29. The number of benzene rings is 2. The molecule has 0 aliphatic rings. The van der Waals surface area contributed by atoms with E-state index in [0.717, 1.165) is 21.9 Å². The number of methoxy groups -OCH3 is 1. The summed E-state index contributed by atoms with van der Waals surface area (Å²) < 4.78 is 10.7. The summed E-state index contributed by atoms with van der Waals surface area (Å²) in [4.78, 5) is 17.4. The second-order valence-corrected chi connectivity index (χ2v) is 6.03. The van der Waals surface area contributed by atoms with Crippen LogP contribution in [0, 0.1) is 0 Å². The first-order valence-electron chi connectivity index (χ1n) is 7.82. The first-order valence-corrected chi connectivity index (χ1v) is 8.70. The fourth-order valence-corrected chi connectivity index (χ4v) is 3.08. The first kappa shape index (κ1) is 17.0. The molecular formula is C19H18N2O3S. The molecule has 0 bridgehead atoms. The molecule has 6 heteroatoms. The number of rotatable bonds is 7. The lowest BCUT2D eigenvalue weighted by Crippen LogP contribution is -2.28. The number of amides is 1. The SMILES string of the molecule is COc1ccc(OCCNC(=O)c2ncsc2-c2ccccc2)cc1. The van der Waals surface area contributed by atoms with E-state index in [-0.39, 0.29) is 5.91 Å². The summed E-state index contributed by atoms with van der Waals surface area (Å²) in [5, 5.41) is 2.84. The van der Waals surface area contributed by atoms with Gasteiger partial charge in [0.25, 0.3) is 5.91 Å². The minimum atomic E-state index is -0.196. The van der Waals surface area contributed by atoms with Crippen molar-refractivity contribution in [2.45, 2.75) is 0 Å². The molecule has 5 nitrogen and oxygen atoms in total. The molecule has 1 aromatic heterocycles. The van der Waals surface area contributed by atoms with Gasteiger partial charge in [0.2, 0.25) is 0 Å². The lowest BCUT2D eigenvalue weighted by molar-refractivity contribution is 0.0943. The Morgan fingerprint density at radius 2 is 1.80 bits per heavy atom. The van der Waals surface area contributed by atoms with Crippen molar-refractivity contribution in [3.8, 4) is 21.9 Å². The molecule has 1 heterocycles. The molecule has 3 aromatic rings. The van der Waals surface area contributed by atoms with E-state index in [4.69, 9.17) is 9.47 Å². The van der Waals surface area contributed by atoms with Gasteiger partial charge in [0.15, 0.2) is 0 Å². The zero-order valence-electron chi connectivity index (χ0n) is 13.8. The van der Waals surface area contributed by atoms with E-state index < -0.39 is 0 Å².